The van der Waals surface area contributed by atoms with E-state index in [-0.39, 0.29) is 23.9 Å². The molecule has 29 heavy (non-hydrogen) atoms. The number of likely N-dealkylation sites (N-methyl/N-ethyl adjacent to an activating group) is 1. The number of hydrogen-bond acceptors (Lipinski definition) is 5. The number of nitrogens with zero attached hydrogens (tertiary/aromatic N) is 3. The van der Waals surface area contributed by atoms with Crippen molar-refractivity contribution in [1.82, 2.24) is 4.98 Å². The minimum atomic E-state index is -4.64. The topological polar surface area (TPSA) is 83.0 Å². The van der Waals surface area contributed by atoms with Gasteiger partial charge in [-0.25, -0.2) is 14.7 Å². The number of rotatable bonds is 3. The standard InChI is InChI=1S/C19H18F3N3O4/c1-10-4-5-13(8-15(10)26)24(3)17(27)14-9-29-18(28)25(14)16-7-12(19(20,21)22)6-11(2)23-16/h4-8,14,26H,9H2,1-3H3/t14-/m0/s1. The Balaban J connectivity index is 1.95. The van der Waals surface area contributed by atoms with Gasteiger partial charge in [0, 0.05) is 24.5 Å². The van der Waals surface area contributed by atoms with E-state index >= 15 is 0 Å². The minimum absolute atomic E-state index is 0.0204. The zero-order chi connectivity index (χ0) is 21.5. The van der Waals surface area contributed by atoms with Gasteiger partial charge in [-0.1, -0.05) is 6.07 Å². The molecule has 1 fully saturated rings. The highest BCUT2D eigenvalue weighted by atomic mass is 19.4. The lowest BCUT2D eigenvalue weighted by Gasteiger charge is -2.26. The third kappa shape index (κ3) is 3.96. The molecule has 1 N–H and O–H groups in total. The van der Waals surface area contributed by atoms with Crippen LogP contribution in [-0.2, 0) is 15.7 Å². The Hall–Kier alpha value is -3.30. The molecule has 0 bridgehead atoms. The summed E-state index contributed by atoms with van der Waals surface area (Å²) in [5.41, 5.74) is 0.0186. The quantitative estimate of drug-likeness (QED) is 0.840. The lowest BCUT2D eigenvalue weighted by molar-refractivity contribution is -0.137. The molecule has 2 aromatic rings. The summed E-state index contributed by atoms with van der Waals surface area (Å²) < 4.78 is 44.4. The number of amides is 2. The molecule has 10 heteroatoms. The van der Waals surface area contributed by atoms with Gasteiger partial charge in [-0.05, 0) is 37.6 Å². The summed E-state index contributed by atoms with van der Waals surface area (Å²) in [6, 6.07) is 4.94. The zero-order valence-corrected chi connectivity index (χ0v) is 15.8. The van der Waals surface area contributed by atoms with E-state index in [1.807, 2.05) is 0 Å². The maximum absolute atomic E-state index is 13.1. The molecule has 154 valence electrons. The number of carbonyl (C=O) groups excluding carboxylic acids is 2. The Bertz CT molecular complexity index is 978. The number of phenolic OH excluding ortho intramolecular Hbond substituents is 1. The van der Waals surface area contributed by atoms with Gasteiger partial charge in [0.2, 0.25) is 0 Å². The monoisotopic (exact) mass is 409 g/mol. The molecule has 0 unspecified atom stereocenters. The van der Waals surface area contributed by atoms with Crippen molar-refractivity contribution in [3.05, 3.63) is 47.2 Å². The number of halogens is 3. The molecular weight excluding hydrogens is 391 g/mol. The molecule has 7 nitrogen and oxygen atoms in total. The number of aryl methyl sites for hydroxylation is 2. The summed E-state index contributed by atoms with van der Waals surface area (Å²) >= 11 is 0. The first-order valence-corrected chi connectivity index (χ1v) is 8.58. The van der Waals surface area contributed by atoms with Gasteiger partial charge in [0.25, 0.3) is 5.91 Å². The highest BCUT2D eigenvalue weighted by molar-refractivity contribution is 6.05. The number of hydrogen-bond donors (Lipinski definition) is 1. The number of phenols is 1. The van der Waals surface area contributed by atoms with Gasteiger partial charge >= 0.3 is 12.3 Å². The van der Waals surface area contributed by atoms with Crippen molar-refractivity contribution in [2.75, 3.05) is 23.5 Å². The largest absolute Gasteiger partial charge is 0.508 e. The van der Waals surface area contributed by atoms with Crippen LogP contribution in [0.15, 0.2) is 30.3 Å². The summed E-state index contributed by atoms with van der Waals surface area (Å²) in [7, 11) is 1.43. The van der Waals surface area contributed by atoms with E-state index < -0.39 is 29.8 Å². The van der Waals surface area contributed by atoms with E-state index in [4.69, 9.17) is 4.74 Å². The molecule has 0 saturated carbocycles. The number of ether oxygens (including phenoxy) is 1. The fourth-order valence-electron chi connectivity index (χ4n) is 2.95. The summed E-state index contributed by atoms with van der Waals surface area (Å²) in [4.78, 5) is 31.1. The van der Waals surface area contributed by atoms with Crippen LogP contribution in [0.1, 0.15) is 16.8 Å². The van der Waals surface area contributed by atoms with Gasteiger partial charge in [-0.15, -0.1) is 0 Å². The predicted octanol–water partition coefficient (Wildman–Crippen LogP) is 3.41. The van der Waals surface area contributed by atoms with Crippen molar-refractivity contribution in [3.8, 4) is 5.75 Å². The highest BCUT2D eigenvalue weighted by Gasteiger charge is 2.43. The average molecular weight is 409 g/mol. The lowest BCUT2D eigenvalue weighted by atomic mass is 10.1. The van der Waals surface area contributed by atoms with Gasteiger partial charge in [0.05, 0.1) is 5.56 Å². The molecular formula is C19H18F3N3O4. The fraction of sp³-hybridized carbons (Fsp3) is 0.316. The second-order valence-electron chi connectivity index (χ2n) is 6.68. The molecule has 0 aliphatic carbocycles. The van der Waals surface area contributed by atoms with E-state index in [0.29, 0.717) is 17.3 Å². The van der Waals surface area contributed by atoms with Gasteiger partial charge in [0.15, 0.2) is 6.04 Å². The Morgan fingerprint density at radius 1 is 1.28 bits per heavy atom. The van der Waals surface area contributed by atoms with Crippen molar-refractivity contribution in [1.29, 1.82) is 0 Å². The highest BCUT2D eigenvalue weighted by Crippen LogP contribution is 2.33. The minimum Gasteiger partial charge on any atom is -0.508 e. The van der Waals surface area contributed by atoms with Gasteiger partial charge in [0.1, 0.15) is 18.2 Å². The maximum Gasteiger partial charge on any atom is 0.416 e. The molecule has 1 aromatic heterocycles. The second-order valence-corrected chi connectivity index (χ2v) is 6.68. The first kappa shape index (κ1) is 20.4. The van der Waals surface area contributed by atoms with Crippen LogP contribution in [0.3, 0.4) is 0 Å². The smallest absolute Gasteiger partial charge is 0.416 e. The van der Waals surface area contributed by atoms with E-state index in [2.05, 4.69) is 4.98 Å². The third-order valence-corrected chi connectivity index (χ3v) is 4.58. The Morgan fingerprint density at radius 2 is 1.97 bits per heavy atom. The average Bonchev–Trinajstić information content (AvgIpc) is 3.03. The molecule has 0 radical (unpaired) electrons. The molecule has 1 aliphatic heterocycles. The predicted molar refractivity (Wildman–Crippen MR) is 97.8 cm³/mol. The number of aromatic hydroxyl groups is 1. The Kier molecular flexibility index (Phi) is 5.12. The van der Waals surface area contributed by atoms with Crippen LogP contribution < -0.4 is 9.80 Å². The van der Waals surface area contributed by atoms with Crippen molar-refractivity contribution < 1.29 is 32.6 Å². The molecule has 1 atom stereocenters. The zero-order valence-electron chi connectivity index (χ0n) is 15.8. The number of aromatic nitrogens is 1. The fourth-order valence-corrected chi connectivity index (χ4v) is 2.95. The Labute approximate surface area is 164 Å². The number of cyclic esters (lactones) is 1. The van der Waals surface area contributed by atoms with E-state index in [9.17, 15) is 27.9 Å². The van der Waals surface area contributed by atoms with Crippen LogP contribution in [0.25, 0.3) is 0 Å². The summed E-state index contributed by atoms with van der Waals surface area (Å²) in [6.07, 6.45) is -5.60. The molecule has 2 amide bonds. The van der Waals surface area contributed by atoms with Crippen molar-refractivity contribution >= 4 is 23.5 Å². The van der Waals surface area contributed by atoms with Crippen molar-refractivity contribution in [3.63, 3.8) is 0 Å². The summed E-state index contributed by atoms with van der Waals surface area (Å²) in [5, 5.41) is 9.86. The first-order chi connectivity index (χ1) is 13.5. The molecule has 2 heterocycles. The molecule has 1 saturated heterocycles. The van der Waals surface area contributed by atoms with Crippen LogP contribution in [0, 0.1) is 13.8 Å². The van der Waals surface area contributed by atoms with Crippen molar-refractivity contribution in [2.24, 2.45) is 0 Å². The maximum atomic E-state index is 13.1. The number of pyridine rings is 1. The number of anilines is 2. The lowest BCUT2D eigenvalue weighted by Crippen LogP contribution is -2.47. The normalized spacial score (nSPS) is 16.7. The Morgan fingerprint density at radius 3 is 2.59 bits per heavy atom. The van der Waals surface area contributed by atoms with Gasteiger partial charge in [-0.3, -0.25) is 4.79 Å². The molecule has 3 rings (SSSR count). The van der Waals surface area contributed by atoms with Crippen LogP contribution in [0.4, 0.5) is 29.5 Å². The van der Waals surface area contributed by atoms with E-state index in [1.165, 1.54) is 24.9 Å². The van der Waals surface area contributed by atoms with Crippen LogP contribution in [0.5, 0.6) is 5.75 Å². The third-order valence-electron chi connectivity index (χ3n) is 4.58. The van der Waals surface area contributed by atoms with E-state index in [1.54, 1.807) is 19.1 Å². The summed E-state index contributed by atoms with van der Waals surface area (Å²) in [6.45, 7) is 2.71. The van der Waals surface area contributed by atoms with Crippen LogP contribution in [-0.4, -0.2) is 41.8 Å². The number of benzene rings is 1. The molecule has 1 aliphatic rings. The summed E-state index contributed by atoms with van der Waals surface area (Å²) in [5.74, 6) is -0.942. The SMILES string of the molecule is Cc1cc(C(F)(F)F)cc(N2C(=O)OC[C@H]2C(=O)N(C)c2ccc(C)c(O)c2)n1. The second kappa shape index (κ2) is 7.26. The number of alkyl halides is 3. The first-order valence-electron chi connectivity index (χ1n) is 8.58. The van der Waals surface area contributed by atoms with E-state index in [0.717, 1.165) is 11.0 Å². The van der Waals surface area contributed by atoms with Crippen molar-refractivity contribution in [2.45, 2.75) is 26.1 Å². The van der Waals surface area contributed by atoms with Gasteiger partial charge < -0.3 is 14.7 Å². The van der Waals surface area contributed by atoms with Crippen LogP contribution >= 0.6 is 0 Å². The van der Waals surface area contributed by atoms with Crippen LogP contribution in [0.2, 0.25) is 0 Å². The number of carbonyl (C=O) groups is 2. The molecule has 0 spiro atoms. The van der Waals surface area contributed by atoms with Gasteiger partial charge in [-0.2, -0.15) is 13.2 Å². The molecule has 1 aromatic carbocycles.